The summed E-state index contributed by atoms with van der Waals surface area (Å²) >= 11 is 0. The van der Waals surface area contributed by atoms with Gasteiger partial charge in [0.05, 0.1) is 18.1 Å². The summed E-state index contributed by atoms with van der Waals surface area (Å²) in [5.74, 6) is -5.76. The number of carboxylic acids is 1. The van der Waals surface area contributed by atoms with E-state index >= 15 is 0 Å². The molecule has 53 heavy (non-hydrogen) atoms. The molecule has 2 N–H and O–H groups in total. The lowest BCUT2D eigenvalue weighted by molar-refractivity contribution is -0.148. The molecule has 0 radical (unpaired) electrons. The molecular formula is C41H45F4N3O5. The van der Waals surface area contributed by atoms with Crippen LogP contribution in [0.2, 0.25) is 0 Å². The van der Waals surface area contributed by atoms with Crippen LogP contribution < -0.4 is 10.1 Å². The molecule has 3 aliphatic rings. The topological polar surface area (TPSA) is 99.2 Å². The van der Waals surface area contributed by atoms with Gasteiger partial charge in [0.25, 0.3) is 5.91 Å². The van der Waals surface area contributed by atoms with Crippen molar-refractivity contribution in [1.82, 2.24) is 15.1 Å². The normalized spacial score (nSPS) is 18.6. The summed E-state index contributed by atoms with van der Waals surface area (Å²) in [4.78, 5) is 43.5. The van der Waals surface area contributed by atoms with Crippen LogP contribution in [0.3, 0.4) is 0 Å². The molecular weight excluding hydrogens is 690 g/mol. The van der Waals surface area contributed by atoms with Gasteiger partial charge in [0.1, 0.15) is 5.82 Å². The number of piperazine rings is 1. The van der Waals surface area contributed by atoms with Gasteiger partial charge in [-0.3, -0.25) is 14.4 Å². The van der Waals surface area contributed by atoms with Crippen molar-refractivity contribution in [2.45, 2.75) is 83.3 Å². The van der Waals surface area contributed by atoms with Gasteiger partial charge in [-0.1, -0.05) is 36.4 Å². The quantitative estimate of drug-likeness (QED) is 0.102. The summed E-state index contributed by atoms with van der Waals surface area (Å²) in [5, 5.41) is 13.2. The van der Waals surface area contributed by atoms with E-state index in [1.807, 2.05) is 29.2 Å². The number of halogens is 4. The minimum Gasteiger partial charge on any atom is -0.488 e. The van der Waals surface area contributed by atoms with Crippen LogP contribution in [0.5, 0.6) is 5.75 Å². The molecule has 0 spiro atoms. The first-order valence-corrected chi connectivity index (χ1v) is 18.2. The third-order valence-electron chi connectivity index (χ3n) is 10.5. The molecule has 6 rings (SSSR count). The van der Waals surface area contributed by atoms with E-state index in [9.17, 15) is 37.1 Å². The standard InChI is InChI=1S/C41H45F4N3O5/c1-41(2,40(51)52)19-17-35(49)47-23-29-22-31(27-9-5-25(6-10-27)4-3-21-53-38-33(44)16-15-32(43)37(38)45)36(34(24-47)46-29)39(50)48(30-13-14-30)20-18-26-7-11-28(42)12-8-26/h5-12,15-16,29-30,34,46H,3-4,13-14,17-24H2,1-2H3,(H,51,52)/t29-,34-/m1/s1. The lowest BCUT2D eigenvalue weighted by Gasteiger charge is -2.45. The van der Waals surface area contributed by atoms with Crippen molar-refractivity contribution >= 4 is 23.4 Å². The molecule has 2 bridgehead atoms. The van der Waals surface area contributed by atoms with Gasteiger partial charge in [-0.2, -0.15) is 4.39 Å². The van der Waals surface area contributed by atoms with Crippen LogP contribution in [-0.2, 0) is 27.2 Å². The van der Waals surface area contributed by atoms with Gasteiger partial charge in [0.2, 0.25) is 11.7 Å². The zero-order valence-electron chi connectivity index (χ0n) is 30.0. The summed E-state index contributed by atoms with van der Waals surface area (Å²) in [5.41, 5.74) is 3.22. The van der Waals surface area contributed by atoms with Crippen LogP contribution >= 0.6 is 0 Å². The second-order valence-corrected chi connectivity index (χ2v) is 14.9. The number of aryl methyl sites for hydroxylation is 1. The molecule has 1 saturated carbocycles. The van der Waals surface area contributed by atoms with Crippen molar-refractivity contribution in [3.05, 3.63) is 106 Å². The third-order valence-corrected chi connectivity index (χ3v) is 10.5. The van der Waals surface area contributed by atoms with E-state index in [0.29, 0.717) is 50.4 Å². The Hall–Kier alpha value is -4.71. The largest absolute Gasteiger partial charge is 0.488 e. The molecule has 1 aliphatic carbocycles. The van der Waals surface area contributed by atoms with Crippen LogP contribution in [0.4, 0.5) is 17.6 Å². The molecule has 12 heteroatoms. The molecule has 1 saturated heterocycles. The fourth-order valence-corrected chi connectivity index (χ4v) is 7.11. The minimum absolute atomic E-state index is 0.0180. The van der Waals surface area contributed by atoms with E-state index in [2.05, 4.69) is 5.32 Å². The highest BCUT2D eigenvalue weighted by Gasteiger charge is 2.43. The Kier molecular flexibility index (Phi) is 11.6. The fraction of sp³-hybridized carbons (Fsp3) is 0.439. The van der Waals surface area contributed by atoms with Gasteiger partial charge in [-0.25, -0.2) is 13.2 Å². The van der Waals surface area contributed by atoms with Crippen LogP contribution in [0.25, 0.3) is 5.57 Å². The molecule has 2 fully saturated rings. The number of nitrogens with one attached hydrogen (secondary N) is 1. The number of rotatable bonds is 15. The van der Waals surface area contributed by atoms with Crippen molar-refractivity contribution in [1.29, 1.82) is 0 Å². The smallest absolute Gasteiger partial charge is 0.309 e. The summed E-state index contributed by atoms with van der Waals surface area (Å²) < 4.78 is 60.3. The number of amides is 2. The van der Waals surface area contributed by atoms with Gasteiger partial charge in [0, 0.05) is 43.7 Å². The number of hydrogen-bond acceptors (Lipinski definition) is 5. The molecule has 2 aliphatic heterocycles. The minimum atomic E-state index is -1.36. The number of carbonyl (C=O) groups excluding carboxylic acids is 2. The van der Waals surface area contributed by atoms with Gasteiger partial charge in [0.15, 0.2) is 17.4 Å². The number of carboxylic acid groups (broad SMARTS) is 1. The first kappa shape index (κ1) is 38.0. The lowest BCUT2D eigenvalue weighted by atomic mass is 9.82. The number of aliphatic carboxylic acids is 1. The Labute approximate surface area is 306 Å². The highest BCUT2D eigenvalue weighted by molar-refractivity contribution is 6.03. The predicted octanol–water partition coefficient (Wildman–Crippen LogP) is 6.71. The van der Waals surface area contributed by atoms with Gasteiger partial charge < -0.3 is 25.0 Å². The molecule has 3 aromatic rings. The van der Waals surface area contributed by atoms with Gasteiger partial charge in [-0.05, 0) is 105 Å². The Morgan fingerprint density at radius 1 is 0.906 bits per heavy atom. The molecule has 0 aromatic heterocycles. The average Bonchev–Trinajstić information content (AvgIpc) is 3.98. The zero-order chi connectivity index (χ0) is 37.9. The first-order chi connectivity index (χ1) is 25.3. The zero-order valence-corrected chi connectivity index (χ0v) is 30.0. The molecule has 2 heterocycles. The van der Waals surface area contributed by atoms with E-state index in [1.165, 1.54) is 12.1 Å². The predicted molar refractivity (Wildman–Crippen MR) is 191 cm³/mol. The van der Waals surface area contributed by atoms with E-state index in [-0.39, 0.29) is 55.7 Å². The van der Waals surface area contributed by atoms with Crippen LogP contribution in [0.15, 0.2) is 66.2 Å². The summed E-state index contributed by atoms with van der Waals surface area (Å²) in [6.07, 6.45) is 4.08. The first-order valence-electron chi connectivity index (χ1n) is 18.2. The Balaban J connectivity index is 1.21. The van der Waals surface area contributed by atoms with E-state index in [4.69, 9.17) is 4.74 Å². The second kappa shape index (κ2) is 16.1. The Morgan fingerprint density at radius 2 is 1.57 bits per heavy atom. The SMILES string of the molecule is CC(C)(CCC(=O)N1C[C@H]2CC(c3ccc(CCCOc4c(F)ccc(F)c4F)cc3)=C(C(=O)N(CCc3ccc(F)cc3)C3CC3)[C@@H](C1)N2)C(=O)O. The number of ether oxygens (including phenoxy) is 1. The van der Waals surface area contributed by atoms with Crippen LogP contribution in [0.1, 0.15) is 69.1 Å². The van der Waals surface area contributed by atoms with Crippen molar-refractivity contribution in [3.63, 3.8) is 0 Å². The number of hydrogen-bond donors (Lipinski definition) is 2. The fourth-order valence-electron chi connectivity index (χ4n) is 7.11. The maximum atomic E-state index is 14.7. The number of fused-ring (bicyclic) bond motifs is 2. The van der Waals surface area contributed by atoms with E-state index in [0.717, 1.165) is 41.2 Å². The molecule has 8 nitrogen and oxygen atoms in total. The maximum absolute atomic E-state index is 14.7. The van der Waals surface area contributed by atoms with Gasteiger partial charge in [-0.15, -0.1) is 0 Å². The summed E-state index contributed by atoms with van der Waals surface area (Å²) in [7, 11) is 0. The molecule has 282 valence electrons. The maximum Gasteiger partial charge on any atom is 0.309 e. The van der Waals surface area contributed by atoms with Crippen LogP contribution in [-0.4, -0.2) is 77.1 Å². The highest BCUT2D eigenvalue weighted by atomic mass is 19.2. The Bertz CT molecular complexity index is 1860. The number of nitrogens with zero attached hydrogens (tertiary/aromatic N) is 2. The van der Waals surface area contributed by atoms with Crippen molar-refractivity contribution < 1.29 is 41.8 Å². The Morgan fingerprint density at radius 3 is 2.25 bits per heavy atom. The summed E-state index contributed by atoms with van der Waals surface area (Å²) in [6.45, 7) is 4.35. The van der Waals surface area contributed by atoms with E-state index in [1.54, 1.807) is 30.9 Å². The third kappa shape index (κ3) is 9.09. The van der Waals surface area contributed by atoms with Crippen LogP contribution in [0, 0.1) is 28.7 Å². The highest BCUT2D eigenvalue weighted by Crippen LogP contribution is 2.37. The monoisotopic (exact) mass is 735 g/mol. The number of benzene rings is 3. The number of carbonyl (C=O) groups is 3. The molecule has 2 atom stereocenters. The van der Waals surface area contributed by atoms with Crippen molar-refractivity contribution in [2.75, 3.05) is 26.2 Å². The van der Waals surface area contributed by atoms with Crippen molar-refractivity contribution in [3.8, 4) is 5.75 Å². The summed E-state index contributed by atoms with van der Waals surface area (Å²) in [6, 6.07) is 15.2. The van der Waals surface area contributed by atoms with Crippen molar-refractivity contribution in [2.24, 2.45) is 5.41 Å². The van der Waals surface area contributed by atoms with Gasteiger partial charge >= 0.3 is 5.97 Å². The lowest BCUT2D eigenvalue weighted by Crippen LogP contribution is -2.62. The molecule has 2 amide bonds. The average molecular weight is 736 g/mol. The molecule has 3 aromatic carbocycles. The second-order valence-electron chi connectivity index (χ2n) is 14.9. The molecule has 0 unspecified atom stereocenters. The van der Waals surface area contributed by atoms with E-state index < -0.39 is 40.6 Å².